The average molecular weight is 323 g/mol. The van der Waals surface area contributed by atoms with Gasteiger partial charge in [-0.3, -0.25) is 4.99 Å². The third kappa shape index (κ3) is 4.32. The van der Waals surface area contributed by atoms with E-state index >= 15 is 0 Å². The summed E-state index contributed by atoms with van der Waals surface area (Å²) in [5, 5.41) is 9.38. The summed E-state index contributed by atoms with van der Waals surface area (Å²) < 4.78 is 5.49. The molecule has 0 unspecified atom stereocenters. The predicted molar refractivity (Wildman–Crippen MR) is 96.6 cm³/mol. The van der Waals surface area contributed by atoms with Crippen molar-refractivity contribution >= 4 is 17.9 Å². The van der Waals surface area contributed by atoms with Gasteiger partial charge in [-0.25, -0.2) is 4.79 Å². The lowest BCUT2D eigenvalue weighted by atomic mass is 10.0. The number of aliphatic carboxylic acids is 1. The van der Waals surface area contributed by atoms with E-state index in [1.165, 1.54) is 0 Å². The number of rotatable bonds is 6. The molecule has 0 fully saturated rings. The lowest BCUT2D eigenvalue weighted by Gasteiger charge is -2.11. The molecular weight excluding hydrogens is 302 g/mol. The quantitative estimate of drug-likeness (QED) is 0.636. The van der Waals surface area contributed by atoms with E-state index < -0.39 is 5.97 Å². The van der Waals surface area contributed by atoms with Gasteiger partial charge in [0.05, 0.1) is 17.9 Å². The molecule has 2 aromatic rings. The predicted octanol–water partition coefficient (Wildman–Crippen LogP) is 4.33. The number of aryl methyl sites for hydroxylation is 1. The van der Waals surface area contributed by atoms with Crippen LogP contribution in [0.25, 0.3) is 5.70 Å². The Kier molecular flexibility index (Phi) is 5.90. The number of benzene rings is 2. The fourth-order valence-corrected chi connectivity index (χ4v) is 2.31. The van der Waals surface area contributed by atoms with Crippen LogP contribution in [0.15, 0.2) is 59.1 Å². The monoisotopic (exact) mass is 323 g/mol. The molecule has 0 radical (unpaired) electrons. The van der Waals surface area contributed by atoms with Gasteiger partial charge in [0, 0.05) is 11.8 Å². The SMILES string of the molecule is CCOc1ccc(C(N=Cc2ccccc2)=C(C)C(=O)O)c(C)c1. The summed E-state index contributed by atoms with van der Waals surface area (Å²) in [6.45, 7) is 6.00. The van der Waals surface area contributed by atoms with E-state index in [1.807, 2.05) is 62.4 Å². The highest BCUT2D eigenvalue weighted by molar-refractivity contribution is 5.98. The van der Waals surface area contributed by atoms with Crippen LogP contribution < -0.4 is 4.74 Å². The first-order chi connectivity index (χ1) is 11.5. The topological polar surface area (TPSA) is 58.9 Å². The maximum atomic E-state index is 11.4. The third-order valence-corrected chi connectivity index (χ3v) is 3.58. The van der Waals surface area contributed by atoms with Crippen molar-refractivity contribution in [3.8, 4) is 5.75 Å². The van der Waals surface area contributed by atoms with Gasteiger partial charge in [0.25, 0.3) is 0 Å². The van der Waals surface area contributed by atoms with E-state index in [2.05, 4.69) is 4.99 Å². The molecule has 4 heteroatoms. The number of nitrogens with zero attached hydrogens (tertiary/aromatic N) is 1. The van der Waals surface area contributed by atoms with E-state index in [-0.39, 0.29) is 5.57 Å². The Bertz CT molecular complexity index is 777. The first-order valence-electron chi connectivity index (χ1n) is 7.80. The molecule has 0 amide bonds. The zero-order valence-electron chi connectivity index (χ0n) is 14.1. The van der Waals surface area contributed by atoms with Crippen LogP contribution in [0.4, 0.5) is 0 Å². The molecular formula is C20H21NO3. The van der Waals surface area contributed by atoms with Crippen LogP contribution in [-0.2, 0) is 4.79 Å². The second-order valence-electron chi connectivity index (χ2n) is 5.36. The van der Waals surface area contributed by atoms with Crippen molar-refractivity contribution in [1.82, 2.24) is 0 Å². The van der Waals surface area contributed by atoms with Gasteiger partial charge >= 0.3 is 5.97 Å². The molecule has 0 heterocycles. The van der Waals surface area contributed by atoms with Crippen molar-refractivity contribution in [2.45, 2.75) is 20.8 Å². The van der Waals surface area contributed by atoms with Crippen LogP contribution in [0.2, 0.25) is 0 Å². The molecule has 0 saturated carbocycles. The number of carbonyl (C=O) groups is 1. The average Bonchev–Trinajstić information content (AvgIpc) is 2.57. The minimum Gasteiger partial charge on any atom is -0.494 e. The molecule has 2 aromatic carbocycles. The summed E-state index contributed by atoms with van der Waals surface area (Å²) in [4.78, 5) is 15.9. The van der Waals surface area contributed by atoms with Crippen molar-refractivity contribution in [2.24, 2.45) is 4.99 Å². The normalized spacial score (nSPS) is 12.1. The first kappa shape index (κ1) is 17.5. The third-order valence-electron chi connectivity index (χ3n) is 3.58. The molecule has 0 aromatic heterocycles. The van der Waals surface area contributed by atoms with E-state index in [4.69, 9.17) is 4.74 Å². The molecule has 4 nitrogen and oxygen atoms in total. The van der Waals surface area contributed by atoms with Gasteiger partial charge in [-0.05, 0) is 50.1 Å². The standard InChI is InChI=1S/C20H21NO3/c1-4-24-17-10-11-18(14(2)12-17)19(15(3)20(22)23)21-13-16-8-6-5-7-9-16/h5-13H,4H2,1-3H3,(H,22,23). The number of hydrogen-bond acceptors (Lipinski definition) is 3. The Labute approximate surface area is 142 Å². The Hall–Kier alpha value is -2.88. The minimum atomic E-state index is -0.983. The number of carboxylic acids is 1. The highest BCUT2D eigenvalue weighted by atomic mass is 16.5. The van der Waals surface area contributed by atoms with Crippen molar-refractivity contribution < 1.29 is 14.6 Å². The first-order valence-corrected chi connectivity index (χ1v) is 7.80. The van der Waals surface area contributed by atoms with Gasteiger partial charge in [0.15, 0.2) is 0 Å². The lowest BCUT2D eigenvalue weighted by Crippen LogP contribution is -2.02. The van der Waals surface area contributed by atoms with Crippen LogP contribution in [0.1, 0.15) is 30.5 Å². The summed E-state index contributed by atoms with van der Waals surface area (Å²) in [5.74, 6) is -0.221. The Morgan fingerprint density at radius 2 is 1.92 bits per heavy atom. The van der Waals surface area contributed by atoms with Crippen LogP contribution in [0.3, 0.4) is 0 Å². The molecule has 24 heavy (non-hydrogen) atoms. The zero-order valence-corrected chi connectivity index (χ0v) is 14.1. The zero-order chi connectivity index (χ0) is 17.5. The van der Waals surface area contributed by atoms with Crippen molar-refractivity contribution in [3.05, 3.63) is 70.8 Å². The van der Waals surface area contributed by atoms with Crippen LogP contribution in [0, 0.1) is 6.92 Å². The van der Waals surface area contributed by atoms with Gasteiger partial charge in [0.2, 0.25) is 0 Å². The lowest BCUT2D eigenvalue weighted by molar-refractivity contribution is -0.132. The summed E-state index contributed by atoms with van der Waals surface area (Å²) in [7, 11) is 0. The summed E-state index contributed by atoms with van der Waals surface area (Å²) >= 11 is 0. The van der Waals surface area contributed by atoms with Crippen LogP contribution in [0.5, 0.6) is 5.75 Å². The molecule has 0 aliphatic carbocycles. The van der Waals surface area contributed by atoms with Gasteiger partial charge in [-0.2, -0.15) is 0 Å². The number of hydrogen-bond donors (Lipinski definition) is 1. The molecule has 0 saturated heterocycles. The van der Waals surface area contributed by atoms with Gasteiger partial charge < -0.3 is 9.84 Å². The second kappa shape index (κ2) is 8.11. The molecule has 0 atom stereocenters. The summed E-state index contributed by atoms with van der Waals surface area (Å²) in [6.07, 6.45) is 1.68. The highest BCUT2D eigenvalue weighted by Crippen LogP contribution is 2.27. The van der Waals surface area contributed by atoms with Crippen molar-refractivity contribution in [1.29, 1.82) is 0 Å². The molecule has 124 valence electrons. The van der Waals surface area contributed by atoms with E-state index in [0.717, 1.165) is 22.4 Å². The van der Waals surface area contributed by atoms with Gasteiger partial charge in [-0.15, -0.1) is 0 Å². The number of ether oxygens (including phenoxy) is 1. The molecule has 0 bridgehead atoms. The largest absolute Gasteiger partial charge is 0.494 e. The van der Waals surface area contributed by atoms with Crippen LogP contribution >= 0.6 is 0 Å². The van der Waals surface area contributed by atoms with E-state index in [0.29, 0.717) is 12.3 Å². The number of carboxylic acid groups (broad SMARTS) is 1. The van der Waals surface area contributed by atoms with E-state index in [9.17, 15) is 9.90 Å². The molecule has 1 N–H and O–H groups in total. The van der Waals surface area contributed by atoms with Gasteiger partial charge in [0.1, 0.15) is 5.75 Å². The smallest absolute Gasteiger partial charge is 0.333 e. The fourth-order valence-electron chi connectivity index (χ4n) is 2.31. The summed E-state index contributed by atoms with van der Waals surface area (Å²) in [5.41, 5.74) is 3.27. The maximum Gasteiger partial charge on any atom is 0.333 e. The Morgan fingerprint density at radius 1 is 1.21 bits per heavy atom. The molecule has 0 aliphatic rings. The molecule has 0 spiro atoms. The summed E-state index contributed by atoms with van der Waals surface area (Å²) in [6, 6.07) is 15.2. The maximum absolute atomic E-state index is 11.4. The second-order valence-corrected chi connectivity index (χ2v) is 5.36. The molecule has 2 rings (SSSR count). The van der Waals surface area contributed by atoms with Gasteiger partial charge in [-0.1, -0.05) is 30.3 Å². The highest BCUT2D eigenvalue weighted by Gasteiger charge is 2.13. The molecule has 0 aliphatic heterocycles. The Balaban J connectivity index is 2.47. The van der Waals surface area contributed by atoms with Crippen LogP contribution in [-0.4, -0.2) is 23.9 Å². The number of aliphatic imine (C=N–C) groups is 1. The van der Waals surface area contributed by atoms with Crippen molar-refractivity contribution in [2.75, 3.05) is 6.61 Å². The fraction of sp³-hybridized carbons (Fsp3) is 0.200. The Morgan fingerprint density at radius 3 is 2.50 bits per heavy atom. The van der Waals surface area contributed by atoms with E-state index in [1.54, 1.807) is 13.1 Å². The minimum absolute atomic E-state index is 0.203. The van der Waals surface area contributed by atoms with Crippen molar-refractivity contribution in [3.63, 3.8) is 0 Å².